The Hall–Kier alpha value is -1.87. The summed E-state index contributed by atoms with van der Waals surface area (Å²) in [5.74, 6) is 0.993. The first-order chi connectivity index (χ1) is 9.16. The quantitative estimate of drug-likeness (QED) is 0.893. The van der Waals surface area contributed by atoms with E-state index in [1.165, 1.54) is 11.3 Å². The summed E-state index contributed by atoms with van der Waals surface area (Å²) >= 11 is 0. The second-order valence-corrected chi connectivity index (χ2v) is 5.29. The van der Waals surface area contributed by atoms with E-state index in [0.717, 1.165) is 17.8 Å². The van der Waals surface area contributed by atoms with Crippen molar-refractivity contribution in [2.24, 2.45) is 5.73 Å². The largest absolute Gasteiger partial charge is 0.324 e. The highest BCUT2D eigenvalue weighted by molar-refractivity contribution is 5.69. The average molecular weight is 253 g/mol. The molecular formula is C16H19N3. The summed E-state index contributed by atoms with van der Waals surface area (Å²) in [4.78, 5) is 6.83. The van der Waals surface area contributed by atoms with Gasteiger partial charge in [0.1, 0.15) is 5.82 Å². The molecule has 2 heterocycles. The van der Waals surface area contributed by atoms with E-state index in [1.807, 2.05) is 19.2 Å². The third-order valence-corrected chi connectivity index (χ3v) is 3.75. The number of hydrogen-bond donors (Lipinski definition) is 1. The first-order valence-electron chi connectivity index (χ1n) is 6.75. The number of fused-ring (bicyclic) bond motifs is 1. The molecule has 0 radical (unpaired) electrons. The first-order valence-corrected chi connectivity index (χ1v) is 6.75. The Bertz CT molecular complexity index is 592. The number of nitrogens with zero attached hydrogens (tertiary/aromatic N) is 2. The normalized spacial score (nSPS) is 19.3. The summed E-state index contributed by atoms with van der Waals surface area (Å²) in [5.41, 5.74) is 9.75. The summed E-state index contributed by atoms with van der Waals surface area (Å²) in [6, 6.07) is 13.1. The molecule has 1 unspecified atom stereocenters. The lowest BCUT2D eigenvalue weighted by atomic mass is 10.1. The summed E-state index contributed by atoms with van der Waals surface area (Å²) in [6.45, 7) is 4.24. The van der Waals surface area contributed by atoms with Crippen molar-refractivity contribution in [3.05, 3.63) is 53.7 Å². The minimum Gasteiger partial charge on any atom is -0.324 e. The third-order valence-electron chi connectivity index (χ3n) is 3.75. The molecule has 3 nitrogen and oxygen atoms in total. The zero-order valence-electron chi connectivity index (χ0n) is 11.4. The Balaban J connectivity index is 2.05. The summed E-state index contributed by atoms with van der Waals surface area (Å²) in [7, 11) is 0. The third kappa shape index (κ3) is 2.10. The molecule has 0 aliphatic carbocycles. The molecule has 19 heavy (non-hydrogen) atoms. The van der Waals surface area contributed by atoms with Crippen molar-refractivity contribution in [3.63, 3.8) is 0 Å². The van der Waals surface area contributed by atoms with Crippen molar-refractivity contribution in [1.29, 1.82) is 0 Å². The fraction of sp³-hybridized carbons (Fsp3) is 0.312. The van der Waals surface area contributed by atoms with E-state index >= 15 is 0 Å². The lowest BCUT2D eigenvalue weighted by Gasteiger charge is -2.24. The highest BCUT2D eigenvalue weighted by Gasteiger charge is 2.27. The van der Waals surface area contributed by atoms with Gasteiger partial charge in [-0.25, -0.2) is 4.98 Å². The Morgan fingerprint density at radius 3 is 2.89 bits per heavy atom. The van der Waals surface area contributed by atoms with Gasteiger partial charge in [0.25, 0.3) is 0 Å². The molecule has 0 saturated carbocycles. The van der Waals surface area contributed by atoms with Gasteiger partial charge in [-0.1, -0.05) is 18.2 Å². The molecule has 0 saturated heterocycles. The molecule has 0 amide bonds. The Kier molecular flexibility index (Phi) is 2.99. The molecule has 1 aromatic heterocycles. The second-order valence-electron chi connectivity index (χ2n) is 5.29. The van der Waals surface area contributed by atoms with Crippen molar-refractivity contribution in [3.8, 4) is 0 Å². The van der Waals surface area contributed by atoms with Crippen LogP contribution in [0.3, 0.4) is 0 Å². The molecule has 2 atom stereocenters. The van der Waals surface area contributed by atoms with E-state index in [9.17, 15) is 0 Å². The van der Waals surface area contributed by atoms with Crippen LogP contribution in [0.1, 0.15) is 31.0 Å². The number of nitrogens with two attached hydrogens (primary N) is 1. The van der Waals surface area contributed by atoms with Crippen LogP contribution in [0.2, 0.25) is 0 Å². The predicted octanol–water partition coefficient (Wildman–Crippen LogP) is 3.18. The molecule has 3 heteroatoms. The van der Waals surface area contributed by atoms with Gasteiger partial charge < -0.3 is 10.6 Å². The van der Waals surface area contributed by atoms with Gasteiger partial charge in [-0.05, 0) is 49.6 Å². The van der Waals surface area contributed by atoms with E-state index in [1.54, 1.807) is 0 Å². The number of para-hydroxylation sites is 1. The standard InChI is InChI=1S/C16H19N3/c1-11-9-14-5-3-4-6-15(14)19(11)16-10-13(12(2)17)7-8-18-16/h3-8,10-12H,9,17H2,1-2H3/t11?,12-/m1/s1. The maximum Gasteiger partial charge on any atom is 0.133 e. The van der Waals surface area contributed by atoms with Crippen LogP contribution in [0, 0.1) is 0 Å². The number of pyridine rings is 1. The van der Waals surface area contributed by atoms with Crippen molar-refractivity contribution in [2.75, 3.05) is 4.90 Å². The fourth-order valence-corrected chi connectivity index (χ4v) is 2.76. The van der Waals surface area contributed by atoms with Gasteiger partial charge in [0.05, 0.1) is 0 Å². The van der Waals surface area contributed by atoms with Crippen LogP contribution in [0.5, 0.6) is 0 Å². The summed E-state index contributed by atoms with van der Waals surface area (Å²) < 4.78 is 0. The molecule has 0 bridgehead atoms. The van der Waals surface area contributed by atoms with E-state index in [0.29, 0.717) is 6.04 Å². The topological polar surface area (TPSA) is 42.1 Å². The molecule has 3 rings (SSSR count). The minimum atomic E-state index is 0.0369. The van der Waals surface area contributed by atoms with Gasteiger partial charge >= 0.3 is 0 Å². The van der Waals surface area contributed by atoms with Gasteiger partial charge in [-0.3, -0.25) is 0 Å². The Morgan fingerprint density at radius 2 is 2.11 bits per heavy atom. The van der Waals surface area contributed by atoms with Gasteiger partial charge in [-0.2, -0.15) is 0 Å². The van der Waals surface area contributed by atoms with Crippen molar-refractivity contribution < 1.29 is 0 Å². The molecular weight excluding hydrogens is 234 g/mol. The first kappa shape index (κ1) is 12.2. The predicted molar refractivity (Wildman–Crippen MR) is 78.6 cm³/mol. The van der Waals surface area contributed by atoms with Crippen LogP contribution in [-0.4, -0.2) is 11.0 Å². The van der Waals surface area contributed by atoms with Crippen LogP contribution >= 0.6 is 0 Å². The molecule has 2 N–H and O–H groups in total. The highest BCUT2D eigenvalue weighted by atomic mass is 15.2. The zero-order valence-corrected chi connectivity index (χ0v) is 11.4. The van der Waals surface area contributed by atoms with Crippen molar-refractivity contribution in [1.82, 2.24) is 4.98 Å². The maximum absolute atomic E-state index is 5.96. The van der Waals surface area contributed by atoms with Crippen LogP contribution in [0.4, 0.5) is 11.5 Å². The number of aromatic nitrogens is 1. The second kappa shape index (κ2) is 4.67. The summed E-state index contributed by atoms with van der Waals surface area (Å²) in [5, 5.41) is 0. The lowest BCUT2D eigenvalue weighted by Crippen LogP contribution is -2.25. The molecule has 2 aromatic rings. The van der Waals surface area contributed by atoms with Crippen LogP contribution < -0.4 is 10.6 Å². The van der Waals surface area contributed by atoms with Gasteiger partial charge in [0, 0.05) is 24.0 Å². The van der Waals surface area contributed by atoms with E-state index < -0.39 is 0 Å². The number of benzene rings is 1. The maximum atomic E-state index is 5.96. The van der Waals surface area contributed by atoms with Crippen LogP contribution in [0.15, 0.2) is 42.6 Å². The zero-order chi connectivity index (χ0) is 13.4. The smallest absolute Gasteiger partial charge is 0.133 e. The molecule has 0 spiro atoms. The minimum absolute atomic E-state index is 0.0369. The van der Waals surface area contributed by atoms with Crippen molar-refractivity contribution >= 4 is 11.5 Å². The SMILES string of the molecule is CC1Cc2ccccc2N1c1cc([C@@H](C)N)ccn1. The molecule has 1 aliphatic heterocycles. The van der Waals surface area contributed by atoms with Gasteiger partial charge in [0.2, 0.25) is 0 Å². The van der Waals surface area contributed by atoms with Crippen molar-refractivity contribution in [2.45, 2.75) is 32.4 Å². The molecule has 98 valence electrons. The summed E-state index contributed by atoms with van der Waals surface area (Å²) in [6.07, 6.45) is 2.92. The average Bonchev–Trinajstić information content (AvgIpc) is 2.74. The van der Waals surface area contributed by atoms with Gasteiger partial charge in [-0.15, -0.1) is 0 Å². The van der Waals surface area contributed by atoms with Gasteiger partial charge in [0.15, 0.2) is 0 Å². The highest BCUT2D eigenvalue weighted by Crippen LogP contribution is 2.37. The Labute approximate surface area is 114 Å². The van der Waals surface area contributed by atoms with E-state index in [4.69, 9.17) is 5.73 Å². The molecule has 1 aliphatic rings. The lowest BCUT2D eigenvalue weighted by molar-refractivity contribution is 0.746. The van der Waals surface area contributed by atoms with Crippen LogP contribution in [0.25, 0.3) is 0 Å². The van der Waals surface area contributed by atoms with E-state index in [-0.39, 0.29) is 6.04 Å². The monoisotopic (exact) mass is 253 g/mol. The number of hydrogen-bond acceptors (Lipinski definition) is 3. The van der Waals surface area contributed by atoms with E-state index in [2.05, 4.69) is 47.1 Å². The number of anilines is 2. The fourth-order valence-electron chi connectivity index (χ4n) is 2.76. The number of rotatable bonds is 2. The molecule has 0 fully saturated rings. The van der Waals surface area contributed by atoms with Crippen LogP contribution in [-0.2, 0) is 6.42 Å². The Morgan fingerprint density at radius 1 is 1.32 bits per heavy atom. The molecule has 1 aromatic carbocycles.